The Morgan fingerprint density at radius 3 is 3.00 bits per heavy atom. The number of terminal acetylenes is 1. The van der Waals surface area contributed by atoms with Crippen molar-refractivity contribution in [2.75, 3.05) is 26.4 Å². The molecule has 3 nitrogen and oxygen atoms in total. The van der Waals surface area contributed by atoms with E-state index in [0.29, 0.717) is 19.8 Å². The van der Waals surface area contributed by atoms with E-state index in [0.717, 1.165) is 13.0 Å². The zero-order valence-electron chi connectivity index (χ0n) is 8.08. The van der Waals surface area contributed by atoms with E-state index in [2.05, 4.69) is 18.2 Å². The number of hydrogen-bond donors (Lipinski definition) is 1. The van der Waals surface area contributed by atoms with Gasteiger partial charge in [0.15, 0.2) is 0 Å². The average molecular weight is 183 g/mol. The van der Waals surface area contributed by atoms with E-state index >= 15 is 0 Å². The van der Waals surface area contributed by atoms with Crippen molar-refractivity contribution >= 4 is 0 Å². The van der Waals surface area contributed by atoms with Gasteiger partial charge in [0.25, 0.3) is 0 Å². The molecule has 0 aromatic heterocycles. The van der Waals surface area contributed by atoms with E-state index in [9.17, 15) is 0 Å². The van der Waals surface area contributed by atoms with Crippen LogP contribution < -0.4 is 5.32 Å². The molecule has 1 rings (SSSR count). The van der Waals surface area contributed by atoms with Crippen LogP contribution in [0, 0.1) is 12.3 Å². The first kappa shape index (κ1) is 10.5. The van der Waals surface area contributed by atoms with Crippen LogP contribution in [0.4, 0.5) is 0 Å². The molecule has 0 spiro atoms. The van der Waals surface area contributed by atoms with Gasteiger partial charge in [0.2, 0.25) is 0 Å². The van der Waals surface area contributed by atoms with Gasteiger partial charge >= 0.3 is 0 Å². The van der Waals surface area contributed by atoms with Crippen molar-refractivity contribution < 1.29 is 9.47 Å². The Balaban J connectivity index is 2.31. The Morgan fingerprint density at radius 2 is 2.46 bits per heavy atom. The van der Waals surface area contributed by atoms with Crippen LogP contribution in [0.5, 0.6) is 0 Å². The summed E-state index contributed by atoms with van der Waals surface area (Å²) in [7, 11) is 0. The van der Waals surface area contributed by atoms with Crippen LogP contribution in [0.3, 0.4) is 0 Å². The Bertz CT molecular complexity index is 170. The number of ether oxygens (including phenoxy) is 2. The summed E-state index contributed by atoms with van der Waals surface area (Å²) < 4.78 is 10.8. The first-order chi connectivity index (χ1) is 6.38. The topological polar surface area (TPSA) is 30.5 Å². The first-order valence-electron chi connectivity index (χ1n) is 4.77. The maximum atomic E-state index is 5.50. The molecule has 3 heteroatoms. The molecule has 0 saturated carbocycles. The summed E-state index contributed by atoms with van der Waals surface area (Å²) in [6, 6.07) is -0.0137. The Kier molecular flexibility index (Phi) is 4.84. The summed E-state index contributed by atoms with van der Waals surface area (Å²) in [5, 5.41) is 3.25. The second-order valence-corrected chi connectivity index (χ2v) is 3.08. The zero-order valence-corrected chi connectivity index (χ0v) is 8.08. The van der Waals surface area contributed by atoms with Crippen molar-refractivity contribution in [1.29, 1.82) is 0 Å². The van der Waals surface area contributed by atoms with Gasteiger partial charge in [-0.25, -0.2) is 0 Å². The zero-order chi connectivity index (χ0) is 9.52. The minimum Gasteiger partial charge on any atom is -0.376 e. The van der Waals surface area contributed by atoms with Crippen LogP contribution in [0.2, 0.25) is 0 Å². The van der Waals surface area contributed by atoms with Crippen molar-refractivity contribution in [3.63, 3.8) is 0 Å². The highest BCUT2D eigenvalue weighted by atomic mass is 16.6. The summed E-state index contributed by atoms with van der Waals surface area (Å²) >= 11 is 0. The molecular weight excluding hydrogens is 166 g/mol. The second-order valence-electron chi connectivity index (χ2n) is 3.08. The molecular formula is C10H17NO2. The predicted molar refractivity (Wildman–Crippen MR) is 51.5 cm³/mol. The smallest absolute Gasteiger partial charge is 0.107 e. The van der Waals surface area contributed by atoms with E-state index < -0.39 is 0 Å². The van der Waals surface area contributed by atoms with Crippen LogP contribution in [0.15, 0.2) is 0 Å². The van der Waals surface area contributed by atoms with E-state index in [1.54, 1.807) is 0 Å². The molecule has 0 radical (unpaired) electrons. The molecule has 13 heavy (non-hydrogen) atoms. The van der Waals surface area contributed by atoms with Gasteiger partial charge in [0, 0.05) is 0 Å². The SMILES string of the molecule is C#CC(NCCC)C1COCCO1. The number of hydrogen-bond acceptors (Lipinski definition) is 3. The molecule has 1 saturated heterocycles. The quantitative estimate of drug-likeness (QED) is 0.640. The maximum Gasteiger partial charge on any atom is 0.107 e. The lowest BCUT2D eigenvalue weighted by atomic mass is 10.1. The molecule has 0 aromatic carbocycles. The lowest BCUT2D eigenvalue weighted by Crippen LogP contribution is -2.46. The highest BCUT2D eigenvalue weighted by molar-refractivity contribution is 5.03. The van der Waals surface area contributed by atoms with Gasteiger partial charge in [0.1, 0.15) is 6.10 Å². The van der Waals surface area contributed by atoms with Crippen LogP contribution in [0.1, 0.15) is 13.3 Å². The van der Waals surface area contributed by atoms with Crippen LogP contribution in [-0.4, -0.2) is 38.5 Å². The van der Waals surface area contributed by atoms with Gasteiger partial charge < -0.3 is 14.8 Å². The summed E-state index contributed by atoms with van der Waals surface area (Å²) in [6.45, 7) is 4.97. The lowest BCUT2D eigenvalue weighted by Gasteiger charge is -2.27. The Labute approximate surface area is 79.8 Å². The van der Waals surface area contributed by atoms with Gasteiger partial charge in [-0.2, -0.15) is 0 Å². The van der Waals surface area contributed by atoms with Gasteiger partial charge in [0.05, 0.1) is 25.9 Å². The maximum absolute atomic E-state index is 5.50. The molecule has 0 bridgehead atoms. The van der Waals surface area contributed by atoms with Crippen molar-refractivity contribution in [3.05, 3.63) is 0 Å². The number of nitrogens with one attached hydrogen (secondary N) is 1. The molecule has 1 fully saturated rings. The van der Waals surface area contributed by atoms with Crippen molar-refractivity contribution in [1.82, 2.24) is 5.32 Å². The molecule has 1 N–H and O–H groups in total. The predicted octanol–water partition coefficient (Wildman–Crippen LogP) is 0.403. The third kappa shape index (κ3) is 3.35. The molecule has 1 heterocycles. The molecule has 0 amide bonds. The standard InChI is InChI=1S/C10H17NO2/c1-3-5-11-9(4-2)10-8-12-6-7-13-10/h2,9-11H,3,5-8H2,1H3. The van der Waals surface area contributed by atoms with Crippen molar-refractivity contribution in [2.24, 2.45) is 0 Å². The molecule has 0 aromatic rings. The third-order valence-electron chi connectivity index (χ3n) is 2.01. The summed E-state index contributed by atoms with van der Waals surface area (Å²) in [5.41, 5.74) is 0. The fraction of sp³-hybridized carbons (Fsp3) is 0.800. The largest absolute Gasteiger partial charge is 0.376 e. The average Bonchev–Trinajstić information content (AvgIpc) is 2.21. The van der Waals surface area contributed by atoms with Gasteiger partial charge in [-0.05, 0) is 13.0 Å². The molecule has 2 atom stereocenters. The molecule has 1 aliphatic rings. The van der Waals surface area contributed by atoms with Gasteiger partial charge in [-0.15, -0.1) is 6.42 Å². The minimum atomic E-state index is -0.0137. The number of rotatable bonds is 4. The molecule has 74 valence electrons. The Morgan fingerprint density at radius 1 is 1.62 bits per heavy atom. The third-order valence-corrected chi connectivity index (χ3v) is 2.01. The minimum absolute atomic E-state index is 0.0137. The second kappa shape index (κ2) is 5.98. The van der Waals surface area contributed by atoms with Crippen molar-refractivity contribution in [3.8, 4) is 12.3 Å². The molecule has 1 aliphatic heterocycles. The van der Waals surface area contributed by atoms with Crippen LogP contribution in [0.25, 0.3) is 0 Å². The summed E-state index contributed by atoms with van der Waals surface area (Å²) in [5.74, 6) is 2.69. The summed E-state index contributed by atoms with van der Waals surface area (Å²) in [4.78, 5) is 0. The van der Waals surface area contributed by atoms with Gasteiger partial charge in [-0.1, -0.05) is 12.8 Å². The summed E-state index contributed by atoms with van der Waals surface area (Å²) in [6.07, 6.45) is 6.49. The lowest BCUT2D eigenvalue weighted by molar-refractivity contribution is -0.0943. The highest BCUT2D eigenvalue weighted by Crippen LogP contribution is 2.05. The fourth-order valence-corrected chi connectivity index (χ4v) is 1.30. The fourth-order valence-electron chi connectivity index (χ4n) is 1.30. The van der Waals surface area contributed by atoms with Crippen molar-refractivity contribution in [2.45, 2.75) is 25.5 Å². The Hall–Kier alpha value is -0.560. The van der Waals surface area contributed by atoms with Gasteiger partial charge in [-0.3, -0.25) is 0 Å². The van der Waals surface area contributed by atoms with E-state index in [-0.39, 0.29) is 12.1 Å². The molecule has 0 aliphatic carbocycles. The van der Waals surface area contributed by atoms with E-state index in [1.165, 1.54) is 0 Å². The molecule has 2 unspecified atom stereocenters. The van der Waals surface area contributed by atoms with Crippen LogP contribution in [-0.2, 0) is 9.47 Å². The van der Waals surface area contributed by atoms with E-state index in [1.807, 2.05) is 0 Å². The normalized spacial score (nSPS) is 25.1. The monoisotopic (exact) mass is 183 g/mol. The highest BCUT2D eigenvalue weighted by Gasteiger charge is 2.22. The van der Waals surface area contributed by atoms with E-state index in [4.69, 9.17) is 15.9 Å². The van der Waals surface area contributed by atoms with Crippen LogP contribution >= 0.6 is 0 Å². The first-order valence-corrected chi connectivity index (χ1v) is 4.77.